The second-order valence-electron chi connectivity index (χ2n) is 4.11. The largest absolute Gasteiger partial charge is 0.319 e. The molecule has 8 heteroatoms. The van der Waals surface area contributed by atoms with E-state index in [1.807, 2.05) is 0 Å². The van der Waals surface area contributed by atoms with Gasteiger partial charge in [-0.1, -0.05) is 17.7 Å². The number of rotatable bonds is 2. The van der Waals surface area contributed by atoms with Crippen molar-refractivity contribution in [2.45, 2.75) is 0 Å². The Bertz CT molecular complexity index is 853. The molecule has 0 radical (unpaired) electrons. The molecule has 0 saturated heterocycles. The number of carbonyl (C=O) groups excluding carboxylic acids is 1. The van der Waals surface area contributed by atoms with E-state index in [0.29, 0.717) is 11.0 Å². The molecule has 1 aromatic heterocycles. The number of fused-ring (bicyclic) bond motifs is 1. The van der Waals surface area contributed by atoms with E-state index in [1.165, 1.54) is 12.1 Å². The number of hydrogen-bond acceptors (Lipinski definition) is 4. The van der Waals surface area contributed by atoms with Crippen molar-refractivity contribution in [3.8, 4) is 0 Å². The highest BCUT2D eigenvalue weighted by Crippen LogP contribution is 2.30. The smallest absolute Gasteiger partial charge is 0.258 e. The first kappa shape index (κ1) is 13.8. The normalized spacial score (nSPS) is 10.8. The topological polar surface area (TPSA) is 54.9 Å². The number of anilines is 1. The lowest BCUT2D eigenvalue weighted by Crippen LogP contribution is -2.15. The lowest BCUT2D eigenvalue weighted by atomic mass is 10.2. The van der Waals surface area contributed by atoms with Crippen molar-refractivity contribution in [2.24, 2.45) is 0 Å². The van der Waals surface area contributed by atoms with Gasteiger partial charge in [0, 0.05) is 0 Å². The van der Waals surface area contributed by atoms with Crippen LogP contribution in [0, 0.1) is 11.6 Å². The summed E-state index contributed by atoms with van der Waals surface area (Å²) >= 11 is 6.98. The predicted molar refractivity (Wildman–Crippen MR) is 76.7 cm³/mol. The summed E-state index contributed by atoms with van der Waals surface area (Å²) in [5.74, 6) is -3.12. The standard InChI is InChI=1S/C13H6ClF2N3OS/c14-7-4-5-9-12(19-21-18-9)11(7)17-13(20)6-2-1-3-8(15)10(6)16/h1-5H,(H,17,20). The van der Waals surface area contributed by atoms with Crippen LogP contribution in [-0.2, 0) is 0 Å². The predicted octanol–water partition coefficient (Wildman–Crippen LogP) is 3.88. The Hall–Kier alpha value is -2.12. The molecule has 0 aliphatic heterocycles. The van der Waals surface area contributed by atoms with Gasteiger partial charge in [0.25, 0.3) is 5.91 Å². The second-order valence-corrected chi connectivity index (χ2v) is 5.05. The van der Waals surface area contributed by atoms with Crippen molar-refractivity contribution in [2.75, 3.05) is 5.32 Å². The lowest BCUT2D eigenvalue weighted by Gasteiger charge is -2.08. The molecule has 0 fully saturated rings. The first-order valence-corrected chi connectivity index (χ1v) is 6.85. The van der Waals surface area contributed by atoms with Crippen LogP contribution < -0.4 is 5.32 Å². The molecule has 1 heterocycles. The summed E-state index contributed by atoms with van der Waals surface area (Å²) in [4.78, 5) is 12.1. The van der Waals surface area contributed by atoms with Crippen LogP contribution in [0.25, 0.3) is 11.0 Å². The third-order valence-corrected chi connectivity index (χ3v) is 3.67. The van der Waals surface area contributed by atoms with Crippen molar-refractivity contribution in [3.05, 3.63) is 52.6 Å². The van der Waals surface area contributed by atoms with E-state index in [4.69, 9.17) is 11.6 Å². The average Bonchev–Trinajstić information content (AvgIpc) is 2.93. The molecule has 0 atom stereocenters. The number of carbonyl (C=O) groups is 1. The Labute approximate surface area is 126 Å². The Kier molecular flexibility index (Phi) is 3.52. The molecule has 21 heavy (non-hydrogen) atoms. The molecule has 4 nitrogen and oxygen atoms in total. The third-order valence-electron chi connectivity index (χ3n) is 2.81. The van der Waals surface area contributed by atoms with Gasteiger partial charge < -0.3 is 5.32 Å². The zero-order valence-electron chi connectivity index (χ0n) is 10.2. The first-order valence-electron chi connectivity index (χ1n) is 5.74. The summed E-state index contributed by atoms with van der Waals surface area (Å²) in [5, 5.41) is 2.69. The van der Waals surface area contributed by atoms with Crippen molar-refractivity contribution in [1.29, 1.82) is 0 Å². The van der Waals surface area contributed by atoms with E-state index < -0.39 is 23.1 Å². The molecule has 3 aromatic rings. The van der Waals surface area contributed by atoms with Crippen molar-refractivity contribution >= 4 is 46.0 Å². The maximum atomic E-state index is 13.6. The van der Waals surface area contributed by atoms with Crippen molar-refractivity contribution in [3.63, 3.8) is 0 Å². The van der Waals surface area contributed by atoms with Crippen LogP contribution in [0.3, 0.4) is 0 Å². The highest BCUT2D eigenvalue weighted by molar-refractivity contribution is 7.00. The van der Waals surface area contributed by atoms with Crippen LogP contribution in [0.15, 0.2) is 30.3 Å². The number of nitrogens with zero attached hydrogens (tertiary/aromatic N) is 2. The molecule has 106 valence electrons. The molecule has 1 amide bonds. The van der Waals surface area contributed by atoms with Crippen LogP contribution in [0.1, 0.15) is 10.4 Å². The second kappa shape index (κ2) is 5.34. The van der Waals surface area contributed by atoms with E-state index in [2.05, 4.69) is 14.1 Å². The minimum atomic E-state index is -1.21. The Morgan fingerprint density at radius 1 is 1.19 bits per heavy atom. The molecule has 0 aliphatic carbocycles. The Balaban J connectivity index is 2.02. The van der Waals surface area contributed by atoms with Crippen LogP contribution in [0.5, 0.6) is 0 Å². The minimum Gasteiger partial charge on any atom is -0.319 e. The van der Waals surface area contributed by atoms with Gasteiger partial charge >= 0.3 is 0 Å². The van der Waals surface area contributed by atoms with Gasteiger partial charge in [-0.2, -0.15) is 8.75 Å². The number of amides is 1. The number of halogens is 3. The summed E-state index contributed by atoms with van der Waals surface area (Å²) in [7, 11) is 0. The van der Waals surface area contributed by atoms with Gasteiger partial charge in [0.15, 0.2) is 11.6 Å². The summed E-state index contributed by atoms with van der Waals surface area (Å²) in [6.45, 7) is 0. The van der Waals surface area contributed by atoms with Gasteiger partial charge in [0.05, 0.1) is 28.0 Å². The summed E-state index contributed by atoms with van der Waals surface area (Å²) in [6, 6.07) is 6.56. The number of nitrogens with one attached hydrogen (secondary N) is 1. The third kappa shape index (κ3) is 2.45. The SMILES string of the molecule is O=C(Nc1c(Cl)ccc2nsnc12)c1cccc(F)c1F. The van der Waals surface area contributed by atoms with E-state index in [0.717, 1.165) is 17.8 Å². The highest BCUT2D eigenvalue weighted by atomic mass is 35.5. The monoisotopic (exact) mass is 325 g/mol. The highest BCUT2D eigenvalue weighted by Gasteiger charge is 2.18. The maximum absolute atomic E-state index is 13.6. The van der Waals surface area contributed by atoms with E-state index in [-0.39, 0.29) is 10.7 Å². The van der Waals surface area contributed by atoms with Gasteiger partial charge in [-0.15, -0.1) is 0 Å². The molecule has 0 aliphatic rings. The average molecular weight is 326 g/mol. The Morgan fingerprint density at radius 2 is 2.00 bits per heavy atom. The summed E-state index contributed by atoms with van der Waals surface area (Å²) in [5.41, 5.74) is 0.764. The molecule has 0 bridgehead atoms. The van der Waals surface area contributed by atoms with E-state index in [1.54, 1.807) is 12.1 Å². The first-order chi connectivity index (χ1) is 10.1. The molecule has 2 aromatic carbocycles. The van der Waals surface area contributed by atoms with Crippen molar-refractivity contribution < 1.29 is 13.6 Å². The number of aromatic nitrogens is 2. The van der Waals surface area contributed by atoms with Crippen LogP contribution in [-0.4, -0.2) is 14.7 Å². The minimum absolute atomic E-state index is 0.219. The van der Waals surface area contributed by atoms with Gasteiger partial charge in [0.1, 0.15) is 11.0 Å². The van der Waals surface area contributed by atoms with Gasteiger partial charge in [-0.05, 0) is 24.3 Å². The molecule has 3 rings (SSSR count). The Morgan fingerprint density at radius 3 is 2.81 bits per heavy atom. The molecule has 0 unspecified atom stereocenters. The zero-order chi connectivity index (χ0) is 15.0. The quantitative estimate of drug-likeness (QED) is 0.778. The molecular formula is C13H6ClF2N3OS. The van der Waals surface area contributed by atoms with Crippen LogP contribution >= 0.6 is 23.3 Å². The summed E-state index contributed by atoms with van der Waals surface area (Å²) in [6.07, 6.45) is 0. The van der Waals surface area contributed by atoms with Crippen molar-refractivity contribution in [1.82, 2.24) is 8.75 Å². The maximum Gasteiger partial charge on any atom is 0.258 e. The fourth-order valence-corrected chi connectivity index (χ4v) is 2.55. The number of benzene rings is 2. The van der Waals surface area contributed by atoms with Gasteiger partial charge in [0.2, 0.25) is 0 Å². The zero-order valence-corrected chi connectivity index (χ0v) is 11.8. The molecule has 0 spiro atoms. The molecular weight excluding hydrogens is 320 g/mol. The summed E-state index contributed by atoms with van der Waals surface area (Å²) < 4.78 is 34.8. The fourth-order valence-electron chi connectivity index (χ4n) is 1.81. The molecule has 1 N–H and O–H groups in total. The lowest BCUT2D eigenvalue weighted by molar-refractivity contribution is 0.102. The van der Waals surface area contributed by atoms with Gasteiger partial charge in [-0.3, -0.25) is 4.79 Å². The number of hydrogen-bond donors (Lipinski definition) is 1. The van der Waals surface area contributed by atoms with E-state index >= 15 is 0 Å². The molecule has 0 saturated carbocycles. The van der Waals surface area contributed by atoms with Crippen LogP contribution in [0.4, 0.5) is 14.5 Å². The fraction of sp³-hybridized carbons (Fsp3) is 0. The van der Waals surface area contributed by atoms with Gasteiger partial charge in [-0.25, -0.2) is 8.78 Å². The van der Waals surface area contributed by atoms with E-state index in [9.17, 15) is 13.6 Å². The van der Waals surface area contributed by atoms with Crippen LogP contribution in [0.2, 0.25) is 5.02 Å².